The van der Waals surface area contributed by atoms with Crippen LogP contribution in [0.25, 0.3) is 0 Å². The van der Waals surface area contributed by atoms with Gasteiger partial charge < -0.3 is 24.8 Å². The maximum Gasteiger partial charge on any atom is -1.00 e. The molecule has 0 aromatic rings. The molecule has 0 nitrogen and oxygen atoms in total. The molecule has 0 unspecified atom stereocenters. The second-order valence-electron chi connectivity index (χ2n) is 7.88. The van der Waals surface area contributed by atoms with E-state index in [0.717, 1.165) is 11.8 Å². The molecule has 3 heteroatoms. The Morgan fingerprint density at radius 3 is 1.40 bits per heavy atom. The molecule has 0 aromatic carbocycles. The zero-order valence-corrected chi connectivity index (χ0v) is 18.3. The van der Waals surface area contributed by atoms with E-state index in [2.05, 4.69) is 24.3 Å². The van der Waals surface area contributed by atoms with Crippen LogP contribution < -0.4 is 24.8 Å². The molecule has 0 bridgehead atoms. The Bertz CT molecular complexity index is 509. The number of allylic oxidation sites excluding steroid dienone is 8. The SMILES string of the molecule is C1=CC(C2CCCCC2)=[C]([Ti+2][C]2=C(C3CCCCC3)C=CC2)C1.[Cl-].[Cl-]. The molecule has 0 N–H and O–H groups in total. The standard InChI is InChI=1S/2C11H15.2ClH.Ti/c2*1-2-6-10(7-3-1)11-8-4-5-9-11;;;/h2*4,8,10H,1-3,5-7H2;2*1H;/q;;;;+2/p-2. The fourth-order valence-corrected chi connectivity index (χ4v) is 7.67. The third-order valence-electron chi connectivity index (χ3n) is 6.33. The number of halogens is 2. The van der Waals surface area contributed by atoms with Gasteiger partial charge in [-0.3, -0.25) is 0 Å². The summed E-state index contributed by atoms with van der Waals surface area (Å²) in [5.41, 5.74) is 3.60. The monoisotopic (exact) mass is 412 g/mol. The van der Waals surface area contributed by atoms with E-state index >= 15 is 0 Å². The van der Waals surface area contributed by atoms with Crippen LogP contribution in [0.5, 0.6) is 0 Å². The zero-order valence-electron chi connectivity index (χ0n) is 15.2. The first-order chi connectivity index (χ1) is 11.4. The second kappa shape index (κ2) is 10.6. The zero-order chi connectivity index (χ0) is 15.5. The third-order valence-corrected chi connectivity index (χ3v) is 8.81. The molecule has 0 heterocycles. The van der Waals surface area contributed by atoms with Crippen molar-refractivity contribution in [2.75, 3.05) is 0 Å². The molecule has 25 heavy (non-hydrogen) atoms. The van der Waals surface area contributed by atoms with Crippen LogP contribution in [0.3, 0.4) is 0 Å². The molecule has 4 aliphatic carbocycles. The van der Waals surface area contributed by atoms with Gasteiger partial charge in [-0.25, -0.2) is 0 Å². The van der Waals surface area contributed by atoms with Gasteiger partial charge in [0, 0.05) is 0 Å². The van der Waals surface area contributed by atoms with Crippen molar-refractivity contribution in [2.45, 2.75) is 77.0 Å². The fraction of sp³-hybridized carbons (Fsp3) is 0.636. The van der Waals surface area contributed by atoms with Crippen LogP contribution in [0.4, 0.5) is 0 Å². The number of rotatable bonds is 4. The summed E-state index contributed by atoms with van der Waals surface area (Å²) in [6.45, 7) is 0. The summed E-state index contributed by atoms with van der Waals surface area (Å²) in [5, 5.41) is 0. The minimum atomic E-state index is -0.0402. The quantitative estimate of drug-likeness (QED) is 0.595. The Hall–Kier alpha value is 0.254. The predicted octanol–water partition coefficient (Wildman–Crippen LogP) is 0.666. The Morgan fingerprint density at radius 1 is 0.600 bits per heavy atom. The van der Waals surface area contributed by atoms with Crippen molar-refractivity contribution in [3.05, 3.63) is 43.2 Å². The van der Waals surface area contributed by atoms with E-state index in [0.29, 0.717) is 0 Å². The van der Waals surface area contributed by atoms with Crippen LogP contribution in [0.2, 0.25) is 0 Å². The first kappa shape index (κ1) is 21.6. The summed E-state index contributed by atoms with van der Waals surface area (Å²) in [6, 6.07) is 0. The van der Waals surface area contributed by atoms with Crippen LogP contribution in [0, 0.1) is 11.8 Å². The first-order valence-corrected chi connectivity index (χ1v) is 11.5. The second-order valence-corrected chi connectivity index (χ2v) is 10.2. The van der Waals surface area contributed by atoms with Gasteiger partial charge in [-0.05, 0) is 0 Å². The van der Waals surface area contributed by atoms with E-state index in [-0.39, 0.29) is 44.0 Å². The average molecular weight is 413 g/mol. The largest absolute Gasteiger partial charge is 1.00 e. The minimum absolute atomic E-state index is 0. The molecule has 0 aromatic heterocycles. The summed E-state index contributed by atoms with van der Waals surface area (Å²) in [7, 11) is 0. The summed E-state index contributed by atoms with van der Waals surface area (Å²) in [4.78, 5) is 0. The van der Waals surface area contributed by atoms with Gasteiger partial charge in [0.2, 0.25) is 0 Å². The topological polar surface area (TPSA) is 0 Å². The van der Waals surface area contributed by atoms with Crippen molar-refractivity contribution in [2.24, 2.45) is 11.8 Å². The van der Waals surface area contributed by atoms with E-state index in [9.17, 15) is 0 Å². The summed E-state index contributed by atoms with van der Waals surface area (Å²) in [5.74, 6) is 1.82. The Balaban J connectivity index is 0.00000113. The molecular weight excluding hydrogens is 383 g/mol. The van der Waals surface area contributed by atoms with E-state index in [4.69, 9.17) is 0 Å². The molecule has 0 amide bonds. The Kier molecular flexibility index (Phi) is 9.10. The molecule has 0 radical (unpaired) electrons. The van der Waals surface area contributed by atoms with Gasteiger partial charge in [-0.15, -0.1) is 0 Å². The molecule has 2 fully saturated rings. The van der Waals surface area contributed by atoms with Crippen molar-refractivity contribution in [1.82, 2.24) is 0 Å². The molecule has 2 saturated carbocycles. The third kappa shape index (κ3) is 5.16. The van der Waals surface area contributed by atoms with E-state index < -0.39 is 0 Å². The molecule has 4 aliphatic rings. The van der Waals surface area contributed by atoms with Crippen molar-refractivity contribution >= 4 is 0 Å². The fourth-order valence-electron chi connectivity index (χ4n) is 5.07. The van der Waals surface area contributed by atoms with Crippen LogP contribution in [0.1, 0.15) is 77.0 Å². The molecule has 0 saturated heterocycles. The van der Waals surface area contributed by atoms with E-state index in [1.807, 2.05) is 7.76 Å². The van der Waals surface area contributed by atoms with Gasteiger partial charge in [-0.2, -0.15) is 0 Å². The van der Waals surface area contributed by atoms with E-state index in [1.165, 1.54) is 77.0 Å². The van der Waals surface area contributed by atoms with Gasteiger partial charge in [0.25, 0.3) is 0 Å². The average Bonchev–Trinajstić information content (AvgIpc) is 3.26. The molecular formula is C22H30Cl2Ti. The predicted molar refractivity (Wildman–Crippen MR) is 94.7 cm³/mol. The van der Waals surface area contributed by atoms with Crippen LogP contribution >= 0.6 is 0 Å². The van der Waals surface area contributed by atoms with E-state index in [1.54, 1.807) is 11.1 Å². The van der Waals surface area contributed by atoms with Crippen LogP contribution in [-0.2, 0) is 19.2 Å². The molecule has 136 valence electrons. The summed E-state index contributed by atoms with van der Waals surface area (Å²) >= 11 is -0.0402. The molecule has 0 aliphatic heterocycles. The van der Waals surface area contributed by atoms with Crippen molar-refractivity contribution in [1.29, 1.82) is 0 Å². The molecule has 0 atom stereocenters. The maximum atomic E-state index is 2.51. The Labute approximate surface area is 175 Å². The molecule has 4 rings (SSSR count). The van der Waals surface area contributed by atoms with Gasteiger partial charge in [0.15, 0.2) is 0 Å². The van der Waals surface area contributed by atoms with Crippen molar-refractivity contribution < 1.29 is 44.0 Å². The maximum absolute atomic E-state index is 2.51. The van der Waals surface area contributed by atoms with Gasteiger partial charge >= 0.3 is 151 Å². The van der Waals surface area contributed by atoms with Crippen LogP contribution in [0.15, 0.2) is 43.2 Å². The van der Waals surface area contributed by atoms with Gasteiger partial charge in [-0.1, -0.05) is 0 Å². The normalized spacial score (nSPS) is 24.3. The van der Waals surface area contributed by atoms with Crippen LogP contribution in [-0.4, -0.2) is 0 Å². The number of hydrogen-bond donors (Lipinski definition) is 0. The van der Waals surface area contributed by atoms with Crippen molar-refractivity contribution in [3.63, 3.8) is 0 Å². The Morgan fingerprint density at radius 2 is 1.00 bits per heavy atom. The number of hydrogen-bond acceptors (Lipinski definition) is 0. The summed E-state index contributed by atoms with van der Waals surface area (Å²) in [6.07, 6.45) is 27.2. The first-order valence-electron chi connectivity index (χ1n) is 9.98. The minimum Gasteiger partial charge on any atom is -1.00 e. The van der Waals surface area contributed by atoms with Gasteiger partial charge in [0.1, 0.15) is 0 Å². The summed E-state index contributed by atoms with van der Waals surface area (Å²) < 4.78 is 3.79. The van der Waals surface area contributed by atoms with Crippen molar-refractivity contribution in [3.8, 4) is 0 Å². The smallest absolute Gasteiger partial charge is 1.00 e. The van der Waals surface area contributed by atoms with Gasteiger partial charge in [0.05, 0.1) is 0 Å². The molecule has 0 spiro atoms.